The van der Waals surface area contributed by atoms with Crippen LogP contribution >= 0.6 is 0 Å². The molecule has 0 heterocycles. The molecule has 0 saturated heterocycles. The second-order valence-electron chi connectivity index (χ2n) is 3.93. The molecule has 0 aliphatic rings. The first-order valence-corrected chi connectivity index (χ1v) is 5.98. The summed E-state index contributed by atoms with van der Waals surface area (Å²) in [7, 11) is 0. The van der Waals surface area contributed by atoms with Gasteiger partial charge in [-0.05, 0) is 37.6 Å². The minimum atomic E-state index is -0.534. The van der Waals surface area contributed by atoms with Crippen LogP contribution in [0.5, 0.6) is 5.75 Å². The van der Waals surface area contributed by atoms with Crippen molar-refractivity contribution >= 4 is 12.0 Å². The number of benzene rings is 1. The van der Waals surface area contributed by atoms with Crippen molar-refractivity contribution in [2.24, 2.45) is 0 Å². The maximum Gasteiger partial charge on any atom is 0.244 e. The number of rotatable bonds is 6. The monoisotopic (exact) mass is 249 g/mol. The van der Waals surface area contributed by atoms with Crippen LogP contribution in [0.2, 0.25) is 0 Å². The van der Waals surface area contributed by atoms with Gasteiger partial charge in [-0.2, -0.15) is 0 Å². The Kier molecular flexibility index (Phi) is 5.94. The van der Waals surface area contributed by atoms with Gasteiger partial charge in [0.1, 0.15) is 5.75 Å². The Hall–Kier alpha value is -1.81. The summed E-state index contributed by atoms with van der Waals surface area (Å²) in [4.78, 5) is 11.4. The third kappa shape index (κ3) is 5.50. The Labute approximate surface area is 107 Å². The van der Waals surface area contributed by atoms with Gasteiger partial charge >= 0.3 is 0 Å². The zero-order valence-electron chi connectivity index (χ0n) is 10.7. The number of aliphatic hydroxyl groups excluding tert-OH is 1. The Morgan fingerprint density at radius 1 is 1.44 bits per heavy atom. The molecule has 1 unspecified atom stereocenters. The van der Waals surface area contributed by atoms with Crippen LogP contribution in [0.1, 0.15) is 19.4 Å². The van der Waals surface area contributed by atoms with E-state index in [1.165, 1.54) is 6.08 Å². The van der Waals surface area contributed by atoms with Crippen LogP contribution in [0, 0.1) is 0 Å². The molecule has 4 nitrogen and oxygen atoms in total. The predicted molar refractivity (Wildman–Crippen MR) is 71.3 cm³/mol. The predicted octanol–water partition coefficient (Wildman–Crippen LogP) is 1.60. The topological polar surface area (TPSA) is 58.6 Å². The number of hydrogen-bond acceptors (Lipinski definition) is 3. The highest BCUT2D eigenvalue weighted by Gasteiger charge is 1.98. The van der Waals surface area contributed by atoms with Crippen LogP contribution < -0.4 is 10.1 Å². The summed E-state index contributed by atoms with van der Waals surface area (Å²) in [6.45, 7) is 4.44. The van der Waals surface area contributed by atoms with Crippen molar-refractivity contribution in [2.45, 2.75) is 20.0 Å². The molecular weight excluding hydrogens is 230 g/mol. The SMILES string of the molecule is CCOc1ccc(/C=C/C(=O)NCC(C)O)cc1. The van der Waals surface area contributed by atoms with Crippen LogP contribution in [-0.4, -0.2) is 30.3 Å². The van der Waals surface area contributed by atoms with E-state index in [1.54, 1.807) is 13.0 Å². The molecule has 0 aliphatic carbocycles. The van der Waals surface area contributed by atoms with Crippen LogP contribution in [0.25, 0.3) is 6.08 Å². The molecule has 1 aromatic carbocycles. The molecule has 1 amide bonds. The molecule has 1 atom stereocenters. The van der Waals surface area contributed by atoms with E-state index in [-0.39, 0.29) is 12.5 Å². The zero-order valence-corrected chi connectivity index (χ0v) is 10.7. The van der Waals surface area contributed by atoms with E-state index in [4.69, 9.17) is 9.84 Å². The quantitative estimate of drug-likeness (QED) is 0.753. The van der Waals surface area contributed by atoms with Gasteiger partial charge in [-0.1, -0.05) is 12.1 Å². The van der Waals surface area contributed by atoms with E-state index in [0.717, 1.165) is 11.3 Å². The van der Waals surface area contributed by atoms with Crippen LogP contribution in [0.15, 0.2) is 30.3 Å². The Morgan fingerprint density at radius 3 is 2.67 bits per heavy atom. The Morgan fingerprint density at radius 2 is 2.11 bits per heavy atom. The van der Waals surface area contributed by atoms with E-state index in [9.17, 15) is 4.79 Å². The molecule has 0 radical (unpaired) electrons. The lowest BCUT2D eigenvalue weighted by Gasteiger charge is -2.04. The van der Waals surface area contributed by atoms with Crippen LogP contribution in [-0.2, 0) is 4.79 Å². The maximum atomic E-state index is 11.4. The zero-order chi connectivity index (χ0) is 13.4. The normalized spacial score (nSPS) is 12.4. The van der Waals surface area contributed by atoms with Crippen molar-refractivity contribution in [1.82, 2.24) is 5.32 Å². The van der Waals surface area contributed by atoms with Crippen molar-refractivity contribution in [3.8, 4) is 5.75 Å². The fourth-order valence-electron chi connectivity index (χ4n) is 1.32. The van der Waals surface area contributed by atoms with Gasteiger partial charge in [0.25, 0.3) is 0 Å². The number of nitrogens with one attached hydrogen (secondary N) is 1. The number of carbonyl (C=O) groups excluding carboxylic acids is 1. The first-order valence-electron chi connectivity index (χ1n) is 5.98. The third-order valence-corrected chi connectivity index (χ3v) is 2.19. The van der Waals surface area contributed by atoms with Gasteiger partial charge in [-0.15, -0.1) is 0 Å². The largest absolute Gasteiger partial charge is 0.494 e. The molecule has 98 valence electrons. The van der Waals surface area contributed by atoms with Crippen LogP contribution in [0.3, 0.4) is 0 Å². The molecule has 0 spiro atoms. The lowest BCUT2D eigenvalue weighted by atomic mass is 10.2. The third-order valence-electron chi connectivity index (χ3n) is 2.19. The summed E-state index contributed by atoms with van der Waals surface area (Å²) >= 11 is 0. The van der Waals surface area contributed by atoms with E-state index in [1.807, 2.05) is 31.2 Å². The van der Waals surface area contributed by atoms with E-state index < -0.39 is 6.10 Å². The summed E-state index contributed by atoms with van der Waals surface area (Å²) < 4.78 is 5.32. The van der Waals surface area contributed by atoms with Crippen molar-refractivity contribution < 1.29 is 14.6 Å². The molecule has 2 N–H and O–H groups in total. The molecule has 0 fully saturated rings. The first kappa shape index (κ1) is 14.3. The summed E-state index contributed by atoms with van der Waals surface area (Å²) in [5.74, 6) is 0.595. The fraction of sp³-hybridized carbons (Fsp3) is 0.357. The second kappa shape index (κ2) is 7.50. The van der Waals surface area contributed by atoms with Crippen molar-refractivity contribution in [2.75, 3.05) is 13.2 Å². The average molecular weight is 249 g/mol. The number of amides is 1. The lowest BCUT2D eigenvalue weighted by Crippen LogP contribution is -2.28. The Bertz CT molecular complexity index is 396. The van der Waals surface area contributed by atoms with Crippen molar-refractivity contribution in [1.29, 1.82) is 0 Å². The average Bonchev–Trinajstić information content (AvgIpc) is 2.36. The summed E-state index contributed by atoms with van der Waals surface area (Å²) in [6.07, 6.45) is 2.62. The van der Waals surface area contributed by atoms with E-state index in [2.05, 4.69) is 5.32 Å². The highest BCUT2D eigenvalue weighted by molar-refractivity contribution is 5.91. The molecule has 0 aromatic heterocycles. The second-order valence-corrected chi connectivity index (χ2v) is 3.93. The molecule has 18 heavy (non-hydrogen) atoms. The number of aliphatic hydroxyl groups is 1. The van der Waals surface area contributed by atoms with Gasteiger partial charge in [0, 0.05) is 12.6 Å². The molecule has 0 saturated carbocycles. The molecular formula is C14H19NO3. The van der Waals surface area contributed by atoms with Crippen molar-refractivity contribution in [3.05, 3.63) is 35.9 Å². The van der Waals surface area contributed by atoms with Gasteiger partial charge in [-0.3, -0.25) is 4.79 Å². The van der Waals surface area contributed by atoms with Gasteiger partial charge in [0.2, 0.25) is 5.91 Å². The summed E-state index contributed by atoms with van der Waals surface area (Å²) in [5, 5.41) is 11.6. The van der Waals surface area contributed by atoms with E-state index in [0.29, 0.717) is 6.61 Å². The van der Waals surface area contributed by atoms with Gasteiger partial charge < -0.3 is 15.2 Å². The van der Waals surface area contributed by atoms with Gasteiger partial charge in [-0.25, -0.2) is 0 Å². The molecule has 0 aliphatic heterocycles. The molecule has 4 heteroatoms. The molecule has 0 bridgehead atoms. The summed E-state index contributed by atoms with van der Waals surface area (Å²) in [5.41, 5.74) is 0.922. The number of carbonyl (C=O) groups is 1. The van der Waals surface area contributed by atoms with E-state index >= 15 is 0 Å². The smallest absolute Gasteiger partial charge is 0.244 e. The first-order chi connectivity index (χ1) is 8.61. The highest BCUT2D eigenvalue weighted by atomic mass is 16.5. The highest BCUT2D eigenvalue weighted by Crippen LogP contribution is 2.12. The van der Waals surface area contributed by atoms with Gasteiger partial charge in [0.05, 0.1) is 12.7 Å². The standard InChI is InChI=1S/C14H19NO3/c1-3-18-13-7-4-12(5-8-13)6-9-14(17)15-10-11(2)16/h4-9,11,16H,3,10H2,1-2H3,(H,15,17)/b9-6+. The molecule has 1 rings (SSSR count). The fourth-order valence-corrected chi connectivity index (χ4v) is 1.32. The lowest BCUT2D eigenvalue weighted by molar-refractivity contribution is -0.116. The minimum Gasteiger partial charge on any atom is -0.494 e. The number of hydrogen-bond donors (Lipinski definition) is 2. The minimum absolute atomic E-state index is 0.218. The molecule has 1 aromatic rings. The van der Waals surface area contributed by atoms with Gasteiger partial charge in [0.15, 0.2) is 0 Å². The Balaban J connectivity index is 2.48. The maximum absolute atomic E-state index is 11.4. The van der Waals surface area contributed by atoms with Crippen LogP contribution in [0.4, 0.5) is 0 Å². The van der Waals surface area contributed by atoms with Crippen molar-refractivity contribution in [3.63, 3.8) is 0 Å². The number of ether oxygens (including phenoxy) is 1. The summed E-state index contributed by atoms with van der Waals surface area (Å²) in [6, 6.07) is 7.47.